The second kappa shape index (κ2) is 5.75. The monoisotopic (exact) mass is 322 g/mol. The minimum absolute atomic E-state index is 0.0184. The normalized spacial score (nSPS) is 24.1. The number of fused-ring (bicyclic) bond motifs is 1. The van der Waals surface area contributed by atoms with Gasteiger partial charge in [0.1, 0.15) is 5.56 Å². The highest BCUT2D eigenvalue weighted by Gasteiger charge is 2.33. The molecule has 0 aliphatic carbocycles. The number of nitrogens with two attached hydrogens (primary N) is 1. The number of piperidine rings is 1. The van der Waals surface area contributed by atoms with E-state index < -0.39 is 5.91 Å². The van der Waals surface area contributed by atoms with Gasteiger partial charge in [-0.15, -0.1) is 0 Å². The summed E-state index contributed by atoms with van der Waals surface area (Å²) in [6, 6.07) is -0.0184. The first kappa shape index (κ1) is 15.1. The predicted molar refractivity (Wildman–Crippen MR) is 81.6 cm³/mol. The SMILES string of the molecule is C[C@H]1CC[C@@H](C(N)=O)CN1C(=O)c1cnc2n(c1=O)CCS2. The Labute approximate surface area is 131 Å². The van der Waals surface area contributed by atoms with Crippen LogP contribution in [-0.2, 0) is 11.3 Å². The lowest BCUT2D eigenvalue weighted by Gasteiger charge is -2.36. The van der Waals surface area contributed by atoms with Crippen LogP contribution in [-0.4, -0.2) is 44.6 Å². The van der Waals surface area contributed by atoms with E-state index in [-0.39, 0.29) is 35.5 Å². The Bertz CT molecular complexity index is 687. The molecule has 118 valence electrons. The van der Waals surface area contributed by atoms with Crippen molar-refractivity contribution in [1.82, 2.24) is 14.5 Å². The standard InChI is InChI=1S/C14H18N4O3S/c1-8-2-3-9(11(15)19)7-18(8)13(21)10-6-16-14-17(12(10)20)4-5-22-14/h6,8-9H,2-5,7H2,1H3,(H2,15,19)/t8-,9+/m0/s1. The van der Waals surface area contributed by atoms with Crippen molar-refractivity contribution in [3.05, 3.63) is 22.1 Å². The van der Waals surface area contributed by atoms with Crippen LogP contribution >= 0.6 is 11.8 Å². The summed E-state index contributed by atoms with van der Waals surface area (Å²) in [6.45, 7) is 2.76. The molecule has 2 aliphatic rings. The average Bonchev–Trinajstić information content (AvgIpc) is 2.96. The van der Waals surface area contributed by atoms with E-state index in [1.165, 1.54) is 22.5 Å². The van der Waals surface area contributed by atoms with Gasteiger partial charge in [-0.2, -0.15) is 0 Å². The molecule has 8 heteroatoms. The number of likely N-dealkylation sites (tertiary alicyclic amines) is 1. The fourth-order valence-electron chi connectivity index (χ4n) is 2.94. The third kappa shape index (κ3) is 2.51. The predicted octanol–water partition coefficient (Wildman–Crippen LogP) is 0.0750. The van der Waals surface area contributed by atoms with E-state index in [0.29, 0.717) is 24.5 Å². The Morgan fingerprint density at radius 1 is 1.41 bits per heavy atom. The molecule has 0 spiro atoms. The van der Waals surface area contributed by atoms with Gasteiger partial charge in [-0.05, 0) is 19.8 Å². The number of carbonyl (C=O) groups is 2. The number of hydrogen-bond donors (Lipinski definition) is 1. The second-order valence-corrected chi connectivity index (χ2v) is 6.80. The molecule has 3 rings (SSSR count). The third-order valence-electron chi connectivity index (χ3n) is 4.33. The first-order valence-electron chi connectivity index (χ1n) is 7.32. The van der Waals surface area contributed by atoms with Crippen LogP contribution in [0.2, 0.25) is 0 Å². The molecule has 0 radical (unpaired) electrons. The van der Waals surface area contributed by atoms with Crippen molar-refractivity contribution in [3.8, 4) is 0 Å². The number of thioether (sulfide) groups is 1. The van der Waals surface area contributed by atoms with Crippen molar-refractivity contribution in [2.75, 3.05) is 12.3 Å². The number of primary amides is 1. The van der Waals surface area contributed by atoms with Crippen molar-refractivity contribution in [2.24, 2.45) is 11.7 Å². The molecule has 1 saturated heterocycles. The van der Waals surface area contributed by atoms with E-state index in [1.54, 1.807) is 4.90 Å². The van der Waals surface area contributed by atoms with Crippen LogP contribution in [0.4, 0.5) is 0 Å². The van der Waals surface area contributed by atoms with Crippen molar-refractivity contribution in [2.45, 2.75) is 37.5 Å². The molecular weight excluding hydrogens is 304 g/mol. The van der Waals surface area contributed by atoms with Crippen LogP contribution in [0.1, 0.15) is 30.1 Å². The Kier molecular flexibility index (Phi) is 3.94. The molecule has 0 aromatic carbocycles. The molecule has 22 heavy (non-hydrogen) atoms. The molecule has 2 aliphatic heterocycles. The quantitative estimate of drug-likeness (QED) is 0.777. The fourth-order valence-corrected chi connectivity index (χ4v) is 3.85. The Balaban J connectivity index is 1.90. The van der Waals surface area contributed by atoms with E-state index in [0.717, 1.165) is 5.75 Å². The lowest BCUT2D eigenvalue weighted by atomic mass is 9.92. The van der Waals surface area contributed by atoms with Gasteiger partial charge in [0.05, 0.1) is 5.92 Å². The lowest BCUT2D eigenvalue weighted by Crippen LogP contribution is -2.50. The largest absolute Gasteiger partial charge is 0.369 e. The zero-order valence-corrected chi connectivity index (χ0v) is 13.1. The van der Waals surface area contributed by atoms with Gasteiger partial charge in [0, 0.05) is 31.1 Å². The van der Waals surface area contributed by atoms with E-state index in [2.05, 4.69) is 4.98 Å². The van der Waals surface area contributed by atoms with Crippen LogP contribution in [0.15, 0.2) is 16.1 Å². The minimum atomic E-state index is -0.398. The summed E-state index contributed by atoms with van der Waals surface area (Å²) >= 11 is 1.51. The number of hydrogen-bond acceptors (Lipinski definition) is 5. The number of rotatable bonds is 2. The molecule has 1 fully saturated rings. The highest BCUT2D eigenvalue weighted by molar-refractivity contribution is 7.99. The maximum Gasteiger partial charge on any atom is 0.267 e. The smallest absolute Gasteiger partial charge is 0.267 e. The Hall–Kier alpha value is -1.83. The van der Waals surface area contributed by atoms with Gasteiger partial charge in [-0.1, -0.05) is 11.8 Å². The molecule has 0 saturated carbocycles. The van der Waals surface area contributed by atoms with Crippen LogP contribution < -0.4 is 11.3 Å². The highest BCUT2D eigenvalue weighted by Crippen LogP contribution is 2.24. The van der Waals surface area contributed by atoms with Crippen molar-refractivity contribution < 1.29 is 9.59 Å². The lowest BCUT2D eigenvalue weighted by molar-refractivity contribution is -0.123. The van der Waals surface area contributed by atoms with Gasteiger partial charge >= 0.3 is 0 Å². The zero-order valence-electron chi connectivity index (χ0n) is 12.3. The van der Waals surface area contributed by atoms with Crippen LogP contribution in [0, 0.1) is 5.92 Å². The Morgan fingerprint density at radius 2 is 2.18 bits per heavy atom. The van der Waals surface area contributed by atoms with Gasteiger partial charge in [0.25, 0.3) is 11.5 Å². The molecular formula is C14H18N4O3S. The van der Waals surface area contributed by atoms with Crippen molar-refractivity contribution >= 4 is 23.6 Å². The summed E-state index contributed by atoms with van der Waals surface area (Å²) in [5.74, 6) is -0.307. The van der Waals surface area contributed by atoms with E-state index in [9.17, 15) is 14.4 Å². The van der Waals surface area contributed by atoms with E-state index in [4.69, 9.17) is 5.73 Å². The van der Waals surface area contributed by atoms with E-state index in [1.807, 2.05) is 6.92 Å². The third-order valence-corrected chi connectivity index (χ3v) is 5.30. The van der Waals surface area contributed by atoms with Crippen molar-refractivity contribution in [1.29, 1.82) is 0 Å². The number of aromatic nitrogens is 2. The molecule has 3 heterocycles. The van der Waals surface area contributed by atoms with Gasteiger partial charge in [-0.25, -0.2) is 4.98 Å². The minimum Gasteiger partial charge on any atom is -0.369 e. The maximum atomic E-state index is 12.7. The summed E-state index contributed by atoms with van der Waals surface area (Å²) in [6.07, 6.45) is 2.74. The average molecular weight is 322 g/mol. The number of nitrogens with zero attached hydrogens (tertiary/aromatic N) is 3. The van der Waals surface area contributed by atoms with Crippen LogP contribution in [0.25, 0.3) is 0 Å². The first-order chi connectivity index (χ1) is 10.5. The topological polar surface area (TPSA) is 98.3 Å². The van der Waals surface area contributed by atoms with Gasteiger partial charge in [0.2, 0.25) is 5.91 Å². The zero-order chi connectivity index (χ0) is 15.9. The maximum absolute atomic E-state index is 12.7. The molecule has 2 amide bonds. The highest BCUT2D eigenvalue weighted by atomic mass is 32.2. The van der Waals surface area contributed by atoms with Gasteiger partial charge < -0.3 is 10.6 Å². The fraction of sp³-hybridized carbons (Fsp3) is 0.571. The molecule has 1 aromatic rings. The second-order valence-electron chi connectivity index (χ2n) is 5.74. The van der Waals surface area contributed by atoms with E-state index >= 15 is 0 Å². The summed E-state index contributed by atoms with van der Waals surface area (Å²) in [5, 5.41) is 0.656. The molecule has 2 N–H and O–H groups in total. The summed E-state index contributed by atoms with van der Waals surface area (Å²) in [5.41, 5.74) is 5.13. The molecule has 2 atom stereocenters. The first-order valence-corrected chi connectivity index (χ1v) is 8.30. The number of carbonyl (C=O) groups excluding carboxylic acids is 2. The Morgan fingerprint density at radius 3 is 2.91 bits per heavy atom. The molecule has 0 unspecified atom stereocenters. The van der Waals surface area contributed by atoms with Crippen LogP contribution in [0.5, 0.6) is 0 Å². The molecule has 0 bridgehead atoms. The summed E-state index contributed by atoms with van der Waals surface area (Å²) < 4.78 is 1.54. The van der Waals surface area contributed by atoms with Crippen molar-refractivity contribution in [3.63, 3.8) is 0 Å². The van der Waals surface area contributed by atoms with Crippen LogP contribution in [0.3, 0.4) is 0 Å². The van der Waals surface area contributed by atoms with Gasteiger partial charge in [0.15, 0.2) is 5.16 Å². The van der Waals surface area contributed by atoms with Gasteiger partial charge in [-0.3, -0.25) is 19.0 Å². The summed E-state index contributed by atoms with van der Waals surface area (Å²) in [7, 11) is 0. The molecule has 7 nitrogen and oxygen atoms in total. The summed E-state index contributed by atoms with van der Waals surface area (Å²) in [4.78, 5) is 42.3. The molecule has 1 aromatic heterocycles. The number of amides is 2.